The van der Waals surface area contributed by atoms with Crippen LogP contribution in [0.4, 0.5) is 5.82 Å². The minimum absolute atomic E-state index is 0.0534. The van der Waals surface area contributed by atoms with Crippen LogP contribution >= 0.6 is 0 Å². The number of aromatic nitrogens is 3. The molecule has 1 N–H and O–H groups in total. The molecule has 5 rings (SSSR count). The molecule has 7 heteroatoms. The molecule has 1 aliphatic rings. The largest absolute Gasteiger partial charge is 0.353 e. The Balaban J connectivity index is 1.32. The van der Waals surface area contributed by atoms with Gasteiger partial charge in [0.05, 0.1) is 12.5 Å². The number of pyridine rings is 1. The number of anilines is 1. The third-order valence-electron chi connectivity index (χ3n) is 7.34. The molecule has 2 aromatic carbocycles. The van der Waals surface area contributed by atoms with Crippen molar-refractivity contribution in [2.45, 2.75) is 52.1 Å². The van der Waals surface area contributed by atoms with E-state index in [1.165, 1.54) is 11.1 Å². The van der Waals surface area contributed by atoms with Gasteiger partial charge in [-0.1, -0.05) is 60.2 Å². The summed E-state index contributed by atoms with van der Waals surface area (Å²) in [6, 6.07) is 22.3. The molecule has 1 aliphatic heterocycles. The number of hydrogen-bond donors (Lipinski definition) is 1. The number of carbonyl (C=O) groups excluding carboxylic acids is 1. The van der Waals surface area contributed by atoms with Gasteiger partial charge in [-0.2, -0.15) is 0 Å². The number of benzene rings is 2. The van der Waals surface area contributed by atoms with Crippen LogP contribution in [0.15, 0.2) is 77.7 Å². The molecule has 196 valence electrons. The Morgan fingerprint density at radius 1 is 1.05 bits per heavy atom. The summed E-state index contributed by atoms with van der Waals surface area (Å²) in [7, 11) is 0. The van der Waals surface area contributed by atoms with Crippen molar-refractivity contribution < 1.29 is 4.79 Å². The standard InChI is InChI=1S/C31H35N5O2/c1-22-12-15-25(16-13-22)20-36-28-27(11-6-18-32-28)34-29(31(36)38)35-19-7-10-26(21-35)30(37)33-23(2)14-17-24-8-4-3-5-9-24/h3-6,8-9,11-13,15-16,18,23,26H,7,10,14,17,19-21H2,1-2H3,(H,33,37)/t23-,26-/m1/s1. The van der Waals surface area contributed by atoms with E-state index >= 15 is 0 Å². The van der Waals surface area contributed by atoms with E-state index in [1.807, 2.05) is 66.4 Å². The Kier molecular flexibility index (Phi) is 7.82. The van der Waals surface area contributed by atoms with Crippen molar-refractivity contribution in [3.05, 3.63) is 100.0 Å². The minimum atomic E-state index is -0.181. The first-order valence-corrected chi connectivity index (χ1v) is 13.5. The zero-order chi connectivity index (χ0) is 26.5. The van der Waals surface area contributed by atoms with Gasteiger partial charge >= 0.3 is 0 Å². The van der Waals surface area contributed by atoms with Crippen LogP contribution in [0, 0.1) is 12.8 Å². The summed E-state index contributed by atoms with van der Waals surface area (Å²) in [6.45, 7) is 5.70. The lowest BCUT2D eigenvalue weighted by molar-refractivity contribution is -0.125. The van der Waals surface area contributed by atoms with Gasteiger partial charge < -0.3 is 10.2 Å². The molecule has 38 heavy (non-hydrogen) atoms. The van der Waals surface area contributed by atoms with E-state index in [4.69, 9.17) is 4.98 Å². The summed E-state index contributed by atoms with van der Waals surface area (Å²) >= 11 is 0. The highest BCUT2D eigenvalue weighted by atomic mass is 16.2. The molecule has 1 fully saturated rings. The van der Waals surface area contributed by atoms with Gasteiger partial charge in [0.25, 0.3) is 5.56 Å². The Hall–Kier alpha value is -4.00. The van der Waals surface area contributed by atoms with E-state index in [9.17, 15) is 9.59 Å². The van der Waals surface area contributed by atoms with Crippen molar-refractivity contribution >= 4 is 22.9 Å². The van der Waals surface area contributed by atoms with Crippen LogP contribution in [-0.4, -0.2) is 39.6 Å². The first-order valence-electron chi connectivity index (χ1n) is 13.5. The van der Waals surface area contributed by atoms with Crippen LogP contribution in [0.2, 0.25) is 0 Å². The lowest BCUT2D eigenvalue weighted by Gasteiger charge is -2.33. The molecular formula is C31H35N5O2. The maximum Gasteiger partial charge on any atom is 0.295 e. The third kappa shape index (κ3) is 5.93. The molecule has 0 radical (unpaired) electrons. The Morgan fingerprint density at radius 3 is 2.63 bits per heavy atom. The molecule has 0 spiro atoms. The van der Waals surface area contributed by atoms with Gasteiger partial charge in [0.15, 0.2) is 11.5 Å². The number of nitrogens with one attached hydrogen (secondary N) is 1. The fourth-order valence-corrected chi connectivity index (χ4v) is 5.14. The van der Waals surface area contributed by atoms with Crippen molar-refractivity contribution in [1.29, 1.82) is 0 Å². The zero-order valence-corrected chi connectivity index (χ0v) is 22.1. The first kappa shape index (κ1) is 25.6. The van der Waals surface area contributed by atoms with Crippen LogP contribution in [0.25, 0.3) is 11.2 Å². The number of nitrogens with zero attached hydrogens (tertiary/aromatic N) is 4. The van der Waals surface area contributed by atoms with E-state index < -0.39 is 0 Å². The monoisotopic (exact) mass is 509 g/mol. The van der Waals surface area contributed by atoms with Crippen LogP contribution in [-0.2, 0) is 17.8 Å². The summed E-state index contributed by atoms with van der Waals surface area (Å²) in [5.74, 6) is 0.268. The van der Waals surface area contributed by atoms with E-state index in [1.54, 1.807) is 10.8 Å². The van der Waals surface area contributed by atoms with Gasteiger partial charge in [0.2, 0.25) is 5.91 Å². The van der Waals surface area contributed by atoms with Gasteiger partial charge in [0, 0.05) is 25.3 Å². The molecule has 0 saturated carbocycles. The minimum Gasteiger partial charge on any atom is -0.353 e. The number of piperidine rings is 1. The molecular weight excluding hydrogens is 474 g/mol. The highest BCUT2D eigenvalue weighted by Gasteiger charge is 2.29. The summed E-state index contributed by atoms with van der Waals surface area (Å²) in [4.78, 5) is 38.1. The van der Waals surface area contributed by atoms with Gasteiger partial charge in [0.1, 0.15) is 5.52 Å². The normalized spacial score (nSPS) is 16.4. The van der Waals surface area contributed by atoms with E-state index in [-0.39, 0.29) is 23.4 Å². The molecule has 1 amide bonds. The van der Waals surface area contributed by atoms with Gasteiger partial charge in [-0.15, -0.1) is 0 Å². The van der Waals surface area contributed by atoms with Crippen LogP contribution in [0.3, 0.4) is 0 Å². The van der Waals surface area contributed by atoms with Crippen molar-refractivity contribution in [2.24, 2.45) is 5.92 Å². The second-order valence-corrected chi connectivity index (χ2v) is 10.4. The predicted octanol–water partition coefficient (Wildman–Crippen LogP) is 4.50. The van der Waals surface area contributed by atoms with Gasteiger partial charge in [-0.05, 0) is 62.8 Å². The first-order chi connectivity index (χ1) is 18.5. The maximum atomic E-state index is 13.7. The number of fused-ring (bicyclic) bond motifs is 1. The van der Waals surface area contributed by atoms with E-state index in [0.29, 0.717) is 36.6 Å². The summed E-state index contributed by atoms with van der Waals surface area (Å²) in [5.41, 5.74) is 4.55. The van der Waals surface area contributed by atoms with Crippen molar-refractivity contribution in [3.8, 4) is 0 Å². The lowest BCUT2D eigenvalue weighted by atomic mass is 9.96. The lowest BCUT2D eigenvalue weighted by Crippen LogP contribution is -2.47. The Morgan fingerprint density at radius 2 is 1.84 bits per heavy atom. The predicted molar refractivity (Wildman–Crippen MR) is 151 cm³/mol. The Bertz CT molecular complexity index is 1450. The van der Waals surface area contributed by atoms with Crippen LogP contribution < -0.4 is 15.8 Å². The van der Waals surface area contributed by atoms with Crippen molar-refractivity contribution in [1.82, 2.24) is 19.9 Å². The highest BCUT2D eigenvalue weighted by Crippen LogP contribution is 2.22. The fourth-order valence-electron chi connectivity index (χ4n) is 5.14. The fraction of sp³-hybridized carbons (Fsp3) is 0.355. The second kappa shape index (κ2) is 11.6. The maximum absolute atomic E-state index is 13.7. The van der Waals surface area contributed by atoms with Crippen molar-refractivity contribution in [3.63, 3.8) is 0 Å². The van der Waals surface area contributed by atoms with Crippen LogP contribution in [0.5, 0.6) is 0 Å². The molecule has 0 unspecified atom stereocenters. The zero-order valence-electron chi connectivity index (χ0n) is 22.1. The molecule has 4 aromatic rings. The summed E-state index contributed by atoms with van der Waals surface area (Å²) < 4.78 is 1.71. The summed E-state index contributed by atoms with van der Waals surface area (Å²) in [5, 5.41) is 3.21. The van der Waals surface area contributed by atoms with Crippen LogP contribution in [0.1, 0.15) is 42.9 Å². The number of rotatable bonds is 8. The van der Waals surface area contributed by atoms with Crippen molar-refractivity contribution in [2.75, 3.05) is 18.0 Å². The number of carbonyl (C=O) groups is 1. The SMILES string of the molecule is Cc1ccc(Cn2c(=O)c(N3CCC[C@@H](C(=O)N[C@H](C)CCc4ccccc4)C3)nc3cccnc32)cc1. The molecule has 0 aliphatic carbocycles. The molecule has 0 bridgehead atoms. The topological polar surface area (TPSA) is 80.1 Å². The second-order valence-electron chi connectivity index (χ2n) is 10.4. The third-order valence-corrected chi connectivity index (χ3v) is 7.34. The molecule has 2 atom stereocenters. The average molecular weight is 510 g/mol. The number of hydrogen-bond acceptors (Lipinski definition) is 5. The smallest absolute Gasteiger partial charge is 0.295 e. The average Bonchev–Trinajstić information content (AvgIpc) is 2.95. The summed E-state index contributed by atoms with van der Waals surface area (Å²) in [6.07, 6.45) is 5.14. The quantitative estimate of drug-likeness (QED) is 0.378. The number of amides is 1. The van der Waals surface area contributed by atoms with Gasteiger partial charge in [-0.3, -0.25) is 14.2 Å². The molecule has 3 heterocycles. The molecule has 1 saturated heterocycles. The Labute approximate surface area is 223 Å². The highest BCUT2D eigenvalue weighted by molar-refractivity contribution is 5.80. The van der Waals surface area contributed by atoms with E-state index in [0.717, 1.165) is 31.2 Å². The van der Waals surface area contributed by atoms with E-state index in [2.05, 4.69) is 29.4 Å². The number of aryl methyl sites for hydroxylation is 2. The van der Waals surface area contributed by atoms with Gasteiger partial charge in [-0.25, -0.2) is 9.97 Å². The molecule has 7 nitrogen and oxygen atoms in total. The molecule has 2 aromatic heterocycles.